The molecule has 0 radical (unpaired) electrons. The van der Waals surface area contributed by atoms with Crippen LogP contribution >= 0.6 is 0 Å². The fraction of sp³-hybridized carbons (Fsp3) is 0.400. The first kappa shape index (κ1) is 14.5. The van der Waals surface area contributed by atoms with Crippen LogP contribution in [-0.2, 0) is 11.3 Å². The van der Waals surface area contributed by atoms with Crippen molar-refractivity contribution in [1.29, 1.82) is 0 Å². The van der Waals surface area contributed by atoms with E-state index in [4.69, 9.17) is 9.15 Å². The molecule has 1 aromatic carbocycles. The van der Waals surface area contributed by atoms with Crippen LogP contribution in [0.1, 0.15) is 30.3 Å². The summed E-state index contributed by atoms with van der Waals surface area (Å²) in [5.74, 6) is 0.101. The van der Waals surface area contributed by atoms with Gasteiger partial charge >= 0.3 is 6.09 Å². The average molecular weight is 305 g/mol. The van der Waals surface area contributed by atoms with E-state index in [9.17, 15) is 9.18 Å². The number of hydrogen-bond donors (Lipinski definition) is 0. The predicted octanol–water partition coefficient (Wildman–Crippen LogP) is 2.88. The number of rotatable bonds is 3. The number of hydrogen-bond acceptors (Lipinski definition) is 5. The third-order valence-corrected chi connectivity index (χ3v) is 3.63. The zero-order valence-electron chi connectivity index (χ0n) is 11.9. The molecule has 22 heavy (non-hydrogen) atoms. The summed E-state index contributed by atoms with van der Waals surface area (Å²) in [4.78, 5) is 13.6. The van der Waals surface area contributed by atoms with Crippen LogP contribution in [0.3, 0.4) is 0 Å². The number of benzene rings is 1. The molecule has 1 aliphatic rings. The highest BCUT2D eigenvalue weighted by molar-refractivity contribution is 5.68. The zero-order valence-corrected chi connectivity index (χ0v) is 11.9. The quantitative estimate of drug-likeness (QED) is 0.872. The predicted molar refractivity (Wildman–Crippen MR) is 74.5 cm³/mol. The number of piperidine rings is 1. The van der Waals surface area contributed by atoms with Crippen LogP contribution in [0.4, 0.5) is 9.18 Å². The molecule has 0 N–H and O–H groups in total. The third kappa shape index (κ3) is 3.08. The first-order chi connectivity index (χ1) is 10.8. The van der Waals surface area contributed by atoms with E-state index >= 15 is 0 Å². The lowest BCUT2D eigenvalue weighted by molar-refractivity contribution is 0.0266. The summed E-state index contributed by atoms with van der Waals surface area (Å²) in [6, 6.07) is 8.45. The largest absolute Gasteiger partial charge is 0.445 e. The molecule has 1 aliphatic heterocycles. The Bertz CT molecular complexity index is 606. The van der Waals surface area contributed by atoms with Crippen molar-refractivity contribution >= 4 is 6.09 Å². The molecule has 0 aliphatic carbocycles. The topological polar surface area (TPSA) is 68.5 Å². The van der Waals surface area contributed by atoms with Gasteiger partial charge in [0.1, 0.15) is 18.8 Å². The Morgan fingerprint density at radius 2 is 2.23 bits per heavy atom. The van der Waals surface area contributed by atoms with E-state index in [2.05, 4.69) is 10.2 Å². The molecule has 3 rings (SSSR count). The Morgan fingerprint density at radius 3 is 2.95 bits per heavy atom. The van der Waals surface area contributed by atoms with Crippen molar-refractivity contribution in [3.63, 3.8) is 0 Å². The SMILES string of the molecule is O=C(OCc1ccccc1)N1CCCC(F)C1c1nnco1. The Hall–Kier alpha value is -2.44. The number of carbonyl (C=O) groups excluding carboxylic acids is 1. The molecule has 116 valence electrons. The molecule has 2 aromatic rings. The number of alkyl halides is 1. The Kier molecular flexibility index (Phi) is 4.32. The molecule has 2 heterocycles. The number of nitrogens with zero attached hydrogens (tertiary/aromatic N) is 3. The lowest BCUT2D eigenvalue weighted by Crippen LogP contribution is -2.44. The average Bonchev–Trinajstić information content (AvgIpc) is 3.07. The second-order valence-electron chi connectivity index (χ2n) is 5.11. The van der Waals surface area contributed by atoms with E-state index in [1.165, 1.54) is 4.90 Å². The maximum Gasteiger partial charge on any atom is 0.410 e. The molecule has 1 amide bonds. The summed E-state index contributed by atoms with van der Waals surface area (Å²) in [5, 5.41) is 7.29. The molecule has 1 saturated heterocycles. The lowest BCUT2D eigenvalue weighted by atomic mass is 10.0. The van der Waals surface area contributed by atoms with Gasteiger partial charge in [-0.15, -0.1) is 10.2 Å². The molecule has 2 atom stereocenters. The molecular weight excluding hydrogens is 289 g/mol. The molecule has 0 spiro atoms. The van der Waals surface area contributed by atoms with Crippen molar-refractivity contribution in [3.05, 3.63) is 48.2 Å². The summed E-state index contributed by atoms with van der Waals surface area (Å²) in [5.41, 5.74) is 0.874. The van der Waals surface area contributed by atoms with Crippen molar-refractivity contribution in [2.24, 2.45) is 0 Å². The lowest BCUT2D eigenvalue weighted by Gasteiger charge is -2.34. The minimum Gasteiger partial charge on any atom is -0.445 e. The molecule has 0 saturated carbocycles. The maximum atomic E-state index is 14.2. The maximum absolute atomic E-state index is 14.2. The van der Waals surface area contributed by atoms with Crippen LogP contribution in [0.15, 0.2) is 41.1 Å². The summed E-state index contributed by atoms with van der Waals surface area (Å²) < 4.78 is 24.6. The number of amides is 1. The Balaban J connectivity index is 1.69. The van der Waals surface area contributed by atoms with Gasteiger partial charge < -0.3 is 9.15 Å². The standard InChI is InChI=1S/C15H16FN3O3/c16-12-7-4-8-19(13(12)14-18-17-10-22-14)15(20)21-9-11-5-2-1-3-6-11/h1-3,5-6,10,12-13H,4,7-9H2. The van der Waals surface area contributed by atoms with Gasteiger partial charge in [0.25, 0.3) is 0 Å². The number of aromatic nitrogens is 2. The van der Waals surface area contributed by atoms with Crippen LogP contribution in [0.25, 0.3) is 0 Å². The Labute approximate surface area is 126 Å². The second kappa shape index (κ2) is 6.55. The van der Waals surface area contributed by atoms with Gasteiger partial charge in [0.2, 0.25) is 12.3 Å². The number of halogens is 1. The number of carbonyl (C=O) groups is 1. The summed E-state index contributed by atoms with van der Waals surface area (Å²) in [6.45, 7) is 0.546. The minimum absolute atomic E-state index is 0.101. The van der Waals surface area contributed by atoms with E-state index in [-0.39, 0.29) is 12.5 Å². The second-order valence-corrected chi connectivity index (χ2v) is 5.11. The van der Waals surface area contributed by atoms with Crippen molar-refractivity contribution in [1.82, 2.24) is 15.1 Å². The highest BCUT2D eigenvalue weighted by Crippen LogP contribution is 2.32. The van der Waals surface area contributed by atoms with Gasteiger partial charge in [-0.25, -0.2) is 9.18 Å². The summed E-state index contributed by atoms with van der Waals surface area (Å²) in [7, 11) is 0. The molecule has 1 aromatic heterocycles. The number of likely N-dealkylation sites (tertiary alicyclic amines) is 1. The van der Waals surface area contributed by atoms with Crippen LogP contribution in [-0.4, -0.2) is 33.9 Å². The van der Waals surface area contributed by atoms with Crippen LogP contribution in [0.5, 0.6) is 0 Å². The van der Waals surface area contributed by atoms with Gasteiger partial charge in [0, 0.05) is 6.54 Å². The Morgan fingerprint density at radius 1 is 1.41 bits per heavy atom. The van der Waals surface area contributed by atoms with Gasteiger partial charge in [-0.3, -0.25) is 4.90 Å². The van der Waals surface area contributed by atoms with E-state index in [1.54, 1.807) is 0 Å². The van der Waals surface area contributed by atoms with Crippen LogP contribution in [0.2, 0.25) is 0 Å². The highest BCUT2D eigenvalue weighted by Gasteiger charge is 2.39. The third-order valence-electron chi connectivity index (χ3n) is 3.63. The van der Waals surface area contributed by atoms with Crippen molar-refractivity contribution < 1.29 is 18.3 Å². The fourth-order valence-corrected chi connectivity index (χ4v) is 2.55. The monoisotopic (exact) mass is 305 g/mol. The molecule has 7 heteroatoms. The summed E-state index contributed by atoms with van der Waals surface area (Å²) in [6.07, 6.45) is 0.249. The first-order valence-electron chi connectivity index (χ1n) is 7.13. The normalized spacial score (nSPS) is 21.6. The zero-order chi connectivity index (χ0) is 15.4. The van der Waals surface area contributed by atoms with E-state index in [1.807, 2.05) is 30.3 Å². The van der Waals surface area contributed by atoms with Crippen molar-refractivity contribution in [3.8, 4) is 0 Å². The van der Waals surface area contributed by atoms with E-state index in [0.717, 1.165) is 12.0 Å². The molecule has 1 fully saturated rings. The summed E-state index contributed by atoms with van der Waals surface area (Å²) >= 11 is 0. The van der Waals surface area contributed by atoms with E-state index in [0.29, 0.717) is 19.4 Å². The van der Waals surface area contributed by atoms with E-state index < -0.39 is 18.3 Å². The molecule has 6 nitrogen and oxygen atoms in total. The number of ether oxygens (including phenoxy) is 1. The minimum atomic E-state index is -1.24. The smallest absolute Gasteiger partial charge is 0.410 e. The highest BCUT2D eigenvalue weighted by atomic mass is 19.1. The van der Waals surface area contributed by atoms with Crippen molar-refractivity contribution in [2.45, 2.75) is 31.7 Å². The fourth-order valence-electron chi connectivity index (χ4n) is 2.55. The molecular formula is C15H16FN3O3. The van der Waals surface area contributed by atoms with Gasteiger partial charge in [-0.1, -0.05) is 30.3 Å². The molecule has 2 unspecified atom stereocenters. The van der Waals surface area contributed by atoms with Crippen LogP contribution in [0, 0.1) is 0 Å². The van der Waals surface area contributed by atoms with Crippen molar-refractivity contribution in [2.75, 3.05) is 6.54 Å². The van der Waals surface area contributed by atoms with Gasteiger partial charge in [-0.2, -0.15) is 0 Å². The van der Waals surface area contributed by atoms with Gasteiger partial charge in [0.15, 0.2) is 0 Å². The first-order valence-corrected chi connectivity index (χ1v) is 7.13. The van der Waals surface area contributed by atoms with Gasteiger partial charge in [-0.05, 0) is 18.4 Å². The van der Waals surface area contributed by atoms with Gasteiger partial charge in [0.05, 0.1) is 0 Å². The molecule has 0 bridgehead atoms. The van der Waals surface area contributed by atoms with Crippen LogP contribution < -0.4 is 0 Å².